The Morgan fingerprint density at radius 1 is 1.12 bits per heavy atom. The number of benzene rings is 2. The fourth-order valence-electron chi connectivity index (χ4n) is 2.46. The third kappa shape index (κ3) is 5.86. The average Bonchev–Trinajstić information content (AvgIpc) is 2.54. The van der Waals surface area contributed by atoms with E-state index in [-0.39, 0.29) is 24.2 Å². The van der Waals surface area contributed by atoms with Crippen molar-refractivity contribution in [2.24, 2.45) is 5.73 Å². The minimum absolute atomic E-state index is 0.0181. The van der Waals surface area contributed by atoms with Crippen molar-refractivity contribution < 1.29 is 14.0 Å². The number of urea groups is 1. The third-order valence-electron chi connectivity index (χ3n) is 3.70. The molecule has 25 heavy (non-hydrogen) atoms. The smallest absolute Gasteiger partial charge is 0.312 e. The minimum atomic E-state index is -0.709. The molecule has 0 heterocycles. The first-order valence-corrected chi connectivity index (χ1v) is 8.50. The van der Waals surface area contributed by atoms with E-state index < -0.39 is 12.1 Å². The molecular formula is C18H19BrFN3O2. The molecule has 7 heteroatoms. The molecule has 4 N–H and O–H groups in total. The first-order valence-electron chi connectivity index (χ1n) is 7.71. The number of halogens is 2. The van der Waals surface area contributed by atoms with Crippen LogP contribution in [0.4, 0.5) is 9.18 Å². The van der Waals surface area contributed by atoms with Gasteiger partial charge in [-0.05, 0) is 42.3 Å². The van der Waals surface area contributed by atoms with Gasteiger partial charge in [0.25, 0.3) is 0 Å². The summed E-state index contributed by atoms with van der Waals surface area (Å²) in [6.07, 6.45) is 0.0181. The van der Waals surface area contributed by atoms with E-state index in [4.69, 9.17) is 5.73 Å². The summed E-state index contributed by atoms with van der Waals surface area (Å²) in [4.78, 5) is 23.6. The molecule has 0 aliphatic rings. The zero-order valence-electron chi connectivity index (χ0n) is 13.6. The molecule has 2 aromatic carbocycles. The molecule has 0 saturated carbocycles. The van der Waals surface area contributed by atoms with Crippen molar-refractivity contribution in [2.45, 2.75) is 25.4 Å². The van der Waals surface area contributed by atoms with E-state index in [1.54, 1.807) is 31.2 Å². The van der Waals surface area contributed by atoms with Crippen molar-refractivity contribution in [3.63, 3.8) is 0 Å². The topological polar surface area (TPSA) is 84.2 Å². The second-order valence-electron chi connectivity index (χ2n) is 5.66. The standard InChI is InChI=1S/C18H19BrFN3O2/c1-11(13-3-2-4-15(20)9-13)22-17(24)10-16(23-18(21)25)12-5-7-14(19)8-6-12/h2-9,11,16H,10H2,1H3,(H,22,24)(H3,21,23,25)/t11-,16-/m0/s1. The fourth-order valence-corrected chi connectivity index (χ4v) is 2.73. The highest BCUT2D eigenvalue weighted by Crippen LogP contribution is 2.21. The van der Waals surface area contributed by atoms with E-state index in [0.29, 0.717) is 5.56 Å². The summed E-state index contributed by atoms with van der Waals surface area (Å²) in [6, 6.07) is 11.7. The Morgan fingerprint density at radius 2 is 1.80 bits per heavy atom. The van der Waals surface area contributed by atoms with Gasteiger partial charge in [0, 0.05) is 4.47 Å². The molecule has 5 nitrogen and oxygen atoms in total. The first-order chi connectivity index (χ1) is 11.8. The van der Waals surface area contributed by atoms with Crippen LogP contribution in [0, 0.1) is 5.82 Å². The summed E-state index contributed by atoms with van der Waals surface area (Å²) < 4.78 is 14.2. The van der Waals surface area contributed by atoms with Crippen LogP contribution in [-0.4, -0.2) is 11.9 Å². The Balaban J connectivity index is 2.06. The Kier molecular flexibility index (Phi) is 6.52. The lowest BCUT2D eigenvalue weighted by Crippen LogP contribution is -2.37. The van der Waals surface area contributed by atoms with Crippen LogP contribution in [-0.2, 0) is 4.79 Å². The molecular weight excluding hydrogens is 389 g/mol. The van der Waals surface area contributed by atoms with Gasteiger partial charge in [0.15, 0.2) is 0 Å². The lowest BCUT2D eigenvalue weighted by atomic mass is 10.0. The highest BCUT2D eigenvalue weighted by Gasteiger charge is 2.19. The zero-order valence-corrected chi connectivity index (χ0v) is 15.2. The maximum atomic E-state index is 13.3. The van der Waals surface area contributed by atoms with Gasteiger partial charge in [0.2, 0.25) is 5.91 Å². The number of primary amides is 1. The predicted molar refractivity (Wildman–Crippen MR) is 97.2 cm³/mol. The van der Waals surface area contributed by atoms with Crippen LogP contribution in [0.15, 0.2) is 53.0 Å². The van der Waals surface area contributed by atoms with Gasteiger partial charge in [-0.15, -0.1) is 0 Å². The van der Waals surface area contributed by atoms with Crippen LogP contribution in [0.1, 0.15) is 36.6 Å². The van der Waals surface area contributed by atoms with E-state index in [1.165, 1.54) is 12.1 Å². The lowest BCUT2D eigenvalue weighted by Gasteiger charge is -2.20. The van der Waals surface area contributed by atoms with Gasteiger partial charge in [-0.1, -0.05) is 40.2 Å². The highest BCUT2D eigenvalue weighted by atomic mass is 79.9. The molecule has 0 bridgehead atoms. The van der Waals surface area contributed by atoms with Crippen LogP contribution >= 0.6 is 15.9 Å². The van der Waals surface area contributed by atoms with Crippen LogP contribution in [0.25, 0.3) is 0 Å². The molecule has 0 aliphatic heterocycles. The molecule has 0 radical (unpaired) electrons. The van der Waals surface area contributed by atoms with E-state index in [2.05, 4.69) is 26.6 Å². The van der Waals surface area contributed by atoms with Gasteiger partial charge in [-0.2, -0.15) is 0 Å². The predicted octanol–water partition coefficient (Wildman–Crippen LogP) is 3.57. The molecule has 0 aromatic heterocycles. The van der Waals surface area contributed by atoms with Gasteiger partial charge in [-0.3, -0.25) is 4.79 Å². The van der Waals surface area contributed by atoms with Crippen LogP contribution in [0.2, 0.25) is 0 Å². The lowest BCUT2D eigenvalue weighted by molar-refractivity contribution is -0.122. The summed E-state index contributed by atoms with van der Waals surface area (Å²) in [5, 5.41) is 5.37. The van der Waals surface area contributed by atoms with Crippen molar-refractivity contribution in [3.8, 4) is 0 Å². The van der Waals surface area contributed by atoms with Gasteiger partial charge in [0.05, 0.1) is 18.5 Å². The normalized spacial score (nSPS) is 12.9. The van der Waals surface area contributed by atoms with Crippen LogP contribution in [0.3, 0.4) is 0 Å². The van der Waals surface area contributed by atoms with Crippen molar-refractivity contribution in [1.82, 2.24) is 10.6 Å². The average molecular weight is 408 g/mol. The largest absolute Gasteiger partial charge is 0.352 e. The minimum Gasteiger partial charge on any atom is -0.352 e. The molecule has 2 rings (SSSR count). The zero-order chi connectivity index (χ0) is 18.4. The fraction of sp³-hybridized carbons (Fsp3) is 0.222. The Bertz CT molecular complexity index is 752. The van der Waals surface area contributed by atoms with E-state index >= 15 is 0 Å². The second kappa shape index (κ2) is 8.62. The molecule has 0 saturated heterocycles. The number of hydrogen-bond acceptors (Lipinski definition) is 2. The SMILES string of the molecule is C[C@H](NC(=O)C[C@H](NC(N)=O)c1ccc(Br)cc1)c1cccc(F)c1. The quantitative estimate of drug-likeness (QED) is 0.683. The van der Waals surface area contributed by atoms with Crippen molar-refractivity contribution in [1.29, 1.82) is 0 Å². The molecule has 2 aromatic rings. The van der Waals surface area contributed by atoms with Crippen LogP contribution < -0.4 is 16.4 Å². The Labute approximate surface area is 153 Å². The van der Waals surface area contributed by atoms with Crippen LogP contribution in [0.5, 0.6) is 0 Å². The second-order valence-corrected chi connectivity index (χ2v) is 6.58. The Hall–Kier alpha value is -2.41. The van der Waals surface area contributed by atoms with Gasteiger partial charge >= 0.3 is 6.03 Å². The molecule has 0 fully saturated rings. The number of nitrogens with one attached hydrogen (secondary N) is 2. The number of amides is 3. The molecule has 132 valence electrons. The van der Waals surface area contributed by atoms with Crippen molar-refractivity contribution in [3.05, 3.63) is 69.9 Å². The van der Waals surface area contributed by atoms with E-state index in [1.807, 2.05) is 12.1 Å². The molecule has 2 atom stereocenters. The first kappa shape index (κ1) is 18.9. The molecule has 0 aliphatic carbocycles. The molecule has 3 amide bonds. The van der Waals surface area contributed by atoms with Gasteiger partial charge < -0.3 is 16.4 Å². The molecule has 0 spiro atoms. The molecule has 0 unspecified atom stereocenters. The van der Waals surface area contributed by atoms with E-state index in [9.17, 15) is 14.0 Å². The third-order valence-corrected chi connectivity index (χ3v) is 4.23. The number of carbonyl (C=O) groups excluding carboxylic acids is 2. The highest BCUT2D eigenvalue weighted by molar-refractivity contribution is 9.10. The number of rotatable bonds is 6. The van der Waals surface area contributed by atoms with Crippen molar-refractivity contribution in [2.75, 3.05) is 0 Å². The van der Waals surface area contributed by atoms with E-state index in [0.717, 1.165) is 10.0 Å². The number of hydrogen-bond donors (Lipinski definition) is 3. The van der Waals surface area contributed by atoms with Gasteiger partial charge in [-0.25, -0.2) is 9.18 Å². The summed E-state index contributed by atoms with van der Waals surface area (Å²) >= 11 is 3.34. The maximum absolute atomic E-state index is 13.3. The number of carbonyl (C=O) groups is 2. The monoisotopic (exact) mass is 407 g/mol. The summed E-state index contributed by atoms with van der Waals surface area (Å²) in [5.74, 6) is -0.639. The summed E-state index contributed by atoms with van der Waals surface area (Å²) in [6.45, 7) is 1.77. The summed E-state index contributed by atoms with van der Waals surface area (Å²) in [5.41, 5.74) is 6.64. The Morgan fingerprint density at radius 3 is 2.40 bits per heavy atom. The van der Waals surface area contributed by atoms with Crippen molar-refractivity contribution >= 4 is 27.9 Å². The van der Waals surface area contributed by atoms with Gasteiger partial charge in [0.1, 0.15) is 5.82 Å². The number of nitrogens with two attached hydrogens (primary N) is 1. The summed E-state index contributed by atoms with van der Waals surface area (Å²) in [7, 11) is 0. The maximum Gasteiger partial charge on any atom is 0.312 e.